The lowest BCUT2D eigenvalue weighted by Crippen LogP contribution is -2.23. The van der Waals surface area contributed by atoms with Crippen LogP contribution in [0.4, 0.5) is 4.39 Å². The van der Waals surface area contributed by atoms with Crippen molar-refractivity contribution in [3.05, 3.63) is 63.9 Å². The van der Waals surface area contributed by atoms with Crippen molar-refractivity contribution in [2.45, 2.75) is 19.4 Å². The van der Waals surface area contributed by atoms with Crippen LogP contribution in [0.2, 0.25) is 0 Å². The summed E-state index contributed by atoms with van der Waals surface area (Å²) in [5, 5.41) is 3.41. The van der Waals surface area contributed by atoms with E-state index in [1.54, 1.807) is 19.2 Å². The quantitative estimate of drug-likeness (QED) is 0.827. The summed E-state index contributed by atoms with van der Waals surface area (Å²) in [5.41, 5.74) is 2.02. The largest absolute Gasteiger partial charge is 0.496 e. The normalized spacial score (nSPS) is 12.2. The molecule has 0 aromatic heterocycles. The predicted molar refractivity (Wildman–Crippen MR) is 87.2 cm³/mol. The monoisotopic (exact) mass is 351 g/mol. The van der Waals surface area contributed by atoms with E-state index in [0.717, 1.165) is 23.0 Å². The van der Waals surface area contributed by atoms with Crippen LogP contribution in [0.1, 0.15) is 24.1 Å². The number of rotatable bonds is 6. The molecule has 0 fully saturated rings. The van der Waals surface area contributed by atoms with Gasteiger partial charge in [-0.05, 0) is 42.8 Å². The molecule has 1 N–H and O–H groups in total. The van der Waals surface area contributed by atoms with E-state index in [9.17, 15) is 4.39 Å². The number of benzene rings is 2. The topological polar surface area (TPSA) is 21.3 Å². The Bertz CT molecular complexity index is 603. The molecule has 0 amide bonds. The summed E-state index contributed by atoms with van der Waals surface area (Å²) in [6.07, 6.45) is 0.759. The van der Waals surface area contributed by atoms with E-state index in [-0.39, 0.29) is 11.9 Å². The van der Waals surface area contributed by atoms with Gasteiger partial charge in [-0.1, -0.05) is 41.1 Å². The molecule has 2 aromatic carbocycles. The zero-order valence-corrected chi connectivity index (χ0v) is 13.8. The Kier molecular flexibility index (Phi) is 5.76. The average Bonchev–Trinajstić information content (AvgIpc) is 2.49. The second-order valence-corrected chi connectivity index (χ2v) is 5.65. The fraction of sp³-hybridized carbons (Fsp3) is 0.294. The van der Waals surface area contributed by atoms with Crippen LogP contribution in [0.25, 0.3) is 0 Å². The number of methoxy groups -OCH3 is 1. The van der Waals surface area contributed by atoms with Gasteiger partial charge in [-0.25, -0.2) is 4.39 Å². The zero-order valence-electron chi connectivity index (χ0n) is 12.2. The standard InChI is InChI=1S/C17H19BrFNO/c1-3-20-16(10-12-6-4-5-7-15(12)18)14-11-13(19)8-9-17(14)21-2/h4-9,11,16,20H,3,10H2,1-2H3. The number of ether oxygens (including phenoxy) is 1. The molecule has 0 aliphatic carbocycles. The first-order valence-corrected chi connectivity index (χ1v) is 7.75. The molecule has 2 aromatic rings. The summed E-state index contributed by atoms with van der Waals surface area (Å²) in [7, 11) is 1.61. The first kappa shape index (κ1) is 16.0. The molecule has 0 saturated carbocycles. The summed E-state index contributed by atoms with van der Waals surface area (Å²) >= 11 is 3.57. The second kappa shape index (κ2) is 7.57. The maximum Gasteiger partial charge on any atom is 0.123 e. The van der Waals surface area contributed by atoms with E-state index in [1.165, 1.54) is 11.6 Å². The summed E-state index contributed by atoms with van der Waals surface area (Å²) in [6.45, 7) is 2.84. The van der Waals surface area contributed by atoms with Crippen molar-refractivity contribution < 1.29 is 9.13 Å². The predicted octanol–water partition coefficient (Wildman–Crippen LogP) is 4.49. The van der Waals surface area contributed by atoms with E-state index in [4.69, 9.17) is 4.74 Å². The van der Waals surface area contributed by atoms with Crippen molar-refractivity contribution >= 4 is 15.9 Å². The van der Waals surface area contributed by atoms with Crippen LogP contribution in [-0.2, 0) is 6.42 Å². The maximum atomic E-state index is 13.6. The summed E-state index contributed by atoms with van der Waals surface area (Å²) in [6, 6.07) is 12.7. The van der Waals surface area contributed by atoms with E-state index < -0.39 is 0 Å². The fourth-order valence-electron chi connectivity index (χ4n) is 2.40. The Balaban J connectivity index is 2.35. The number of nitrogens with one attached hydrogen (secondary N) is 1. The van der Waals surface area contributed by atoms with E-state index in [2.05, 4.69) is 27.3 Å². The van der Waals surface area contributed by atoms with Gasteiger partial charge in [0.15, 0.2) is 0 Å². The molecule has 21 heavy (non-hydrogen) atoms. The van der Waals surface area contributed by atoms with Crippen molar-refractivity contribution in [2.24, 2.45) is 0 Å². The van der Waals surface area contributed by atoms with Gasteiger partial charge in [0.05, 0.1) is 7.11 Å². The van der Waals surface area contributed by atoms with Crippen molar-refractivity contribution in [2.75, 3.05) is 13.7 Å². The highest BCUT2D eigenvalue weighted by Crippen LogP contribution is 2.30. The molecular formula is C17H19BrFNO. The lowest BCUT2D eigenvalue weighted by molar-refractivity contribution is 0.397. The van der Waals surface area contributed by atoms with Gasteiger partial charge in [0.25, 0.3) is 0 Å². The molecule has 0 radical (unpaired) electrons. The van der Waals surface area contributed by atoms with Gasteiger partial charge in [0.2, 0.25) is 0 Å². The Morgan fingerprint density at radius 1 is 1.24 bits per heavy atom. The highest BCUT2D eigenvalue weighted by Gasteiger charge is 2.17. The smallest absolute Gasteiger partial charge is 0.123 e. The molecule has 0 aliphatic heterocycles. The van der Waals surface area contributed by atoms with Gasteiger partial charge < -0.3 is 10.1 Å². The van der Waals surface area contributed by atoms with Gasteiger partial charge in [-0.2, -0.15) is 0 Å². The molecule has 112 valence electrons. The van der Waals surface area contributed by atoms with Crippen molar-refractivity contribution in [3.63, 3.8) is 0 Å². The second-order valence-electron chi connectivity index (χ2n) is 4.79. The highest BCUT2D eigenvalue weighted by atomic mass is 79.9. The lowest BCUT2D eigenvalue weighted by atomic mass is 9.97. The zero-order chi connectivity index (χ0) is 15.2. The van der Waals surface area contributed by atoms with Gasteiger partial charge in [0.1, 0.15) is 11.6 Å². The molecule has 0 heterocycles. The van der Waals surface area contributed by atoms with Crippen LogP contribution >= 0.6 is 15.9 Å². The third-order valence-electron chi connectivity index (χ3n) is 3.40. The molecule has 0 aliphatic rings. The van der Waals surface area contributed by atoms with E-state index >= 15 is 0 Å². The molecule has 1 unspecified atom stereocenters. The lowest BCUT2D eigenvalue weighted by Gasteiger charge is -2.21. The molecule has 0 spiro atoms. The summed E-state index contributed by atoms with van der Waals surface area (Å²) < 4.78 is 20.0. The van der Waals surface area contributed by atoms with Gasteiger partial charge in [0, 0.05) is 16.1 Å². The molecule has 4 heteroatoms. The third kappa shape index (κ3) is 4.05. The van der Waals surface area contributed by atoms with Crippen LogP contribution in [0.15, 0.2) is 46.9 Å². The number of hydrogen-bond donors (Lipinski definition) is 1. The van der Waals surface area contributed by atoms with Crippen molar-refractivity contribution in [1.82, 2.24) is 5.32 Å². The minimum Gasteiger partial charge on any atom is -0.496 e. The van der Waals surface area contributed by atoms with Crippen molar-refractivity contribution in [3.8, 4) is 5.75 Å². The SMILES string of the molecule is CCNC(Cc1ccccc1Br)c1cc(F)ccc1OC. The maximum absolute atomic E-state index is 13.6. The van der Waals surface area contributed by atoms with Gasteiger partial charge in [-0.3, -0.25) is 0 Å². The number of halogens is 2. The molecule has 0 saturated heterocycles. The molecule has 1 atom stereocenters. The fourth-order valence-corrected chi connectivity index (χ4v) is 2.85. The highest BCUT2D eigenvalue weighted by molar-refractivity contribution is 9.10. The first-order valence-electron chi connectivity index (χ1n) is 6.96. The Morgan fingerprint density at radius 2 is 2.00 bits per heavy atom. The number of likely N-dealkylation sites (N-methyl/N-ethyl adjacent to an activating group) is 1. The van der Waals surface area contributed by atoms with Crippen LogP contribution in [0, 0.1) is 5.82 Å². The summed E-state index contributed by atoms with van der Waals surface area (Å²) in [4.78, 5) is 0. The first-order chi connectivity index (χ1) is 10.2. The van der Waals surface area contributed by atoms with Crippen LogP contribution in [-0.4, -0.2) is 13.7 Å². The molecule has 2 nitrogen and oxygen atoms in total. The van der Waals surface area contributed by atoms with E-state index in [1.807, 2.05) is 25.1 Å². The van der Waals surface area contributed by atoms with E-state index in [0.29, 0.717) is 5.75 Å². The van der Waals surface area contributed by atoms with Gasteiger partial charge >= 0.3 is 0 Å². The Morgan fingerprint density at radius 3 is 2.67 bits per heavy atom. The molecule has 0 bridgehead atoms. The molecule has 2 rings (SSSR count). The van der Waals surface area contributed by atoms with Crippen LogP contribution in [0.3, 0.4) is 0 Å². The Hall–Kier alpha value is -1.39. The molecular weight excluding hydrogens is 333 g/mol. The van der Waals surface area contributed by atoms with Crippen molar-refractivity contribution in [1.29, 1.82) is 0 Å². The minimum atomic E-state index is -0.249. The third-order valence-corrected chi connectivity index (χ3v) is 4.17. The van der Waals surface area contributed by atoms with Crippen LogP contribution < -0.4 is 10.1 Å². The average molecular weight is 352 g/mol. The van der Waals surface area contributed by atoms with Crippen LogP contribution in [0.5, 0.6) is 5.75 Å². The minimum absolute atomic E-state index is 0.000602. The Labute approximate surface area is 133 Å². The van der Waals surface area contributed by atoms with Gasteiger partial charge in [-0.15, -0.1) is 0 Å². The number of hydrogen-bond acceptors (Lipinski definition) is 2. The summed E-state index contributed by atoms with van der Waals surface area (Å²) in [5.74, 6) is 0.454.